The molecule has 1 N–H and O–H groups in total. The summed E-state index contributed by atoms with van der Waals surface area (Å²) in [6.07, 6.45) is 0.458. The smallest absolute Gasteiger partial charge is 0.108 e. The number of aliphatic hydroxyl groups excluding tert-OH is 1. The van der Waals surface area contributed by atoms with Crippen LogP contribution in [0.5, 0.6) is 0 Å². The predicted molar refractivity (Wildman–Crippen MR) is 65.1 cm³/mol. The van der Waals surface area contributed by atoms with E-state index in [-0.39, 0.29) is 0 Å². The molecule has 5 heteroatoms. The maximum atomic E-state index is 10.4. The average molecular weight is 302 g/mol. The van der Waals surface area contributed by atoms with Crippen molar-refractivity contribution in [1.29, 1.82) is 5.26 Å². The Labute approximate surface area is 107 Å². The molecule has 1 aromatic rings. The molecular formula is C11H12BrNO2S. The molecule has 1 aliphatic heterocycles. The second-order valence-corrected chi connectivity index (χ2v) is 5.72. The lowest BCUT2D eigenvalue weighted by Gasteiger charge is -2.34. The quantitative estimate of drug-likeness (QED) is 0.914. The third-order valence-corrected chi connectivity index (χ3v) is 4.95. The standard InChI is InChI=1S/C11H12BrNO2S/c12-8-1-6-16-9(8)10(14)11(7-13)2-4-15-5-3-11/h1,6,10,14H,2-5H2. The second kappa shape index (κ2) is 4.84. The topological polar surface area (TPSA) is 53.2 Å². The van der Waals surface area contributed by atoms with Crippen LogP contribution < -0.4 is 0 Å². The Hall–Kier alpha value is -0.410. The first-order chi connectivity index (χ1) is 7.69. The first-order valence-corrected chi connectivity index (χ1v) is 6.77. The molecule has 0 bridgehead atoms. The van der Waals surface area contributed by atoms with Crippen molar-refractivity contribution in [2.75, 3.05) is 13.2 Å². The predicted octanol–water partition coefficient (Wildman–Crippen LogP) is 2.86. The minimum absolute atomic E-state index is 0.549. The van der Waals surface area contributed by atoms with Gasteiger partial charge in [0.25, 0.3) is 0 Å². The van der Waals surface area contributed by atoms with Gasteiger partial charge in [-0.25, -0.2) is 0 Å². The minimum atomic E-state index is -0.726. The van der Waals surface area contributed by atoms with Crippen LogP contribution in [0.3, 0.4) is 0 Å². The normalized spacial score (nSPS) is 21.3. The molecule has 16 heavy (non-hydrogen) atoms. The molecule has 0 aromatic carbocycles. The highest BCUT2D eigenvalue weighted by Crippen LogP contribution is 2.45. The van der Waals surface area contributed by atoms with E-state index in [1.54, 1.807) is 0 Å². The van der Waals surface area contributed by atoms with Crippen molar-refractivity contribution in [2.24, 2.45) is 5.41 Å². The lowest BCUT2D eigenvalue weighted by molar-refractivity contribution is -0.0298. The molecule has 0 radical (unpaired) electrons. The van der Waals surface area contributed by atoms with Gasteiger partial charge in [0.15, 0.2) is 0 Å². The Morgan fingerprint density at radius 1 is 1.56 bits per heavy atom. The summed E-state index contributed by atoms with van der Waals surface area (Å²) in [7, 11) is 0. The molecular weight excluding hydrogens is 290 g/mol. The molecule has 0 saturated carbocycles. The third-order valence-electron chi connectivity index (χ3n) is 3.02. The number of aliphatic hydroxyl groups is 1. The zero-order valence-electron chi connectivity index (χ0n) is 8.65. The molecule has 1 fully saturated rings. The van der Waals surface area contributed by atoms with Crippen LogP contribution in [0.4, 0.5) is 0 Å². The molecule has 3 nitrogen and oxygen atoms in total. The number of rotatable bonds is 2. The first-order valence-electron chi connectivity index (χ1n) is 5.09. The number of hydrogen-bond acceptors (Lipinski definition) is 4. The lowest BCUT2D eigenvalue weighted by atomic mass is 9.76. The molecule has 1 aromatic heterocycles. The van der Waals surface area contributed by atoms with Gasteiger partial charge in [-0.3, -0.25) is 0 Å². The van der Waals surface area contributed by atoms with Gasteiger partial charge in [-0.1, -0.05) is 0 Å². The monoisotopic (exact) mass is 301 g/mol. The van der Waals surface area contributed by atoms with Gasteiger partial charge < -0.3 is 9.84 Å². The SMILES string of the molecule is N#CC1(C(O)c2sccc2Br)CCOCC1. The van der Waals surface area contributed by atoms with E-state index in [2.05, 4.69) is 22.0 Å². The number of nitrogens with zero attached hydrogens (tertiary/aromatic N) is 1. The minimum Gasteiger partial charge on any atom is -0.386 e. The number of thiophene rings is 1. The third kappa shape index (κ3) is 2.03. The van der Waals surface area contributed by atoms with E-state index in [1.165, 1.54) is 11.3 Å². The molecule has 86 valence electrons. The van der Waals surface area contributed by atoms with E-state index in [0.717, 1.165) is 9.35 Å². The van der Waals surface area contributed by atoms with Crippen LogP contribution in [-0.2, 0) is 4.74 Å². The fraction of sp³-hybridized carbons (Fsp3) is 0.545. The number of nitriles is 1. The molecule has 2 heterocycles. The van der Waals surface area contributed by atoms with Crippen LogP contribution >= 0.6 is 27.3 Å². The highest BCUT2D eigenvalue weighted by molar-refractivity contribution is 9.10. The molecule has 0 aliphatic carbocycles. The van der Waals surface area contributed by atoms with Gasteiger partial charge in [0.05, 0.1) is 11.5 Å². The maximum Gasteiger partial charge on any atom is 0.108 e. The van der Waals surface area contributed by atoms with Crippen molar-refractivity contribution >= 4 is 27.3 Å². The summed E-state index contributed by atoms with van der Waals surface area (Å²) in [6, 6.07) is 4.18. The van der Waals surface area contributed by atoms with Crippen molar-refractivity contribution in [3.63, 3.8) is 0 Å². The number of hydrogen-bond donors (Lipinski definition) is 1. The number of ether oxygens (including phenoxy) is 1. The summed E-state index contributed by atoms with van der Waals surface area (Å²) in [6.45, 7) is 1.10. The Morgan fingerprint density at radius 3 is 2.75 bits per heavy atom. The van der Waals surface area contributed by atoms with Gasteiger partial charge in [0.2, 0.25) is 0 Å². The summed E-state index contributed by atoms with van der Waals surface area (Å²) in [5, 5.41) is 21.6. The molecule has 1 aliphatic rings. The van der Waals surface area contributed by atoms with E-state index >= 15 is 0 Å². The van der Waals surface area contributed by atoms with Crippen molar-refractivity contribution in [1.82, 2.24) is 0 Å². The van der Waals surface area contributed by atoms with E-state index in [4.69, 9.17) is 4.74 Å². The molecule has 1 unspecified atom stereocenters. The van der Waals surface area contributed by atoms with Gasteiger partial charge in [-0.05, 0) is 40.2 Å². The van der Waals surface area contributed by atoms with Crippen molar-refractivity contribution in [2.45, 2.75) is 18.9 Å². The molecule has 1 saturated heterocycles. The Balaban J connectivity index is 2.28. The van der Waals surface area contributed by atoms with Gasteiger partial charge in [-0.2, -0.15) is 5.26 Å². The lowest BCUT2D eigenvalue weighted by Crippen LogP contribution is -2.34. The van der Waals surface area contributed by atoms with Crippen LogP contribution in [0.15, 0.2) is 15.9 Å². The van der Waals surface area contributed by atoms with Gasteiger partial charge in [-0.15, -0.1) is 11.3 Å². The summed E-state index contributed by atoms with van der Waals surface area (Å²) < 4.78 is 6.13. The molecule has 0 amide bonds. The fourth-order valence-electron chi connectivity index (χ4n) is 1.93. The Bertz CT molecular complexity index is 406. The maximum absolute atomic E-state index is 10.4. The van der Waals surface area contributed by atoms with Crippen molar-refractivity contribution in [3.05, 3.63) is 20.8 Å². The number of halogens is 1. The molecule has 0 spiro atoms. The van der Waals surface area contributed by atoms with E-state index in [1.807, 2.05) is 11.4 Å². The van der Waals surface area contributed by atoms with Gasteiger partial charge in [0.1, 0.15) is 6.10 Å². The van der Waals surface area contributed by atoms with Gasteiger partial charge >= 0.3 is 0 Å². The highest BCUT2D eigenvalue weighted by Gasteiger charge is 2.42. The Kier molecular flexibility index (Phi) is 3.65. The second-order valence-electron chi connectivity index (χ2n) is 3.92. The van der Waals surface area contributed by atoms with Crippen LogP contribution in [0.2, 0.25) is 0 Å². The van der Waals surface area contributed by atoms with Crippen LogP contribution in [0.1, 0.15) is 23.8 Å². The van der Waals surface area contributed by atoms with Crippen molar-refractivity contribution in [3.8, 4) is 6.07 Å². The zero-order valence-corrected chi connectivity index (χ0v) is 11.1. The summed E-state index contributed by atoms with van der Waals surface area (Å²) in [5.74, 6) is 0. The van der Waals surface area contributed by atoms with E-state index in [0.29, 0.717) is 26.1 Å². The average Bonchev–Trinajstić information content (AvgIpc) is 2.75. The molecule has 1 atom stereocenters. The van der Waals surface area contributed by atoms with E-state index in [9.17, 15) is 10.4 Å². The summed E-state index contributed by atoms with van der Waals surface area (Å²) in [4.78, 5) is 0.837. The highest BCUT2D eigenvalue weighted by atomic mass is 79.9. The summed E-state index contributed by atoms with van der Waals surface area (Å²) in [5.41, 5.74) is -0.689. The first kappa shape index (κ1) is 12.1. The largest absolute Gasteiger partial charge is 0.386 e. The van der Waals surface area contributed by atoms with Crippen LogP contribution in [-0.4, -0.2) is 18.3 Å². The summed E-state index contributed by atoms with van der Waals surface area (Å²) >= 11 is 4.87. The fourth-order valence-corrected chi connectivity index (χ4v) is 3.62. The van der Waals surface area contributed by atoms with Gasteiger partial charge in [0, 0.05) is 22.6 Å². The van der Waals surface area contributed by atoms with E-state index < -0.39 is 11.5 Å². The zero-order chi connectivity index (χ0) is 11.6. The Morgan fingerprint density at radius 2 is 2.25 bits per heavy atom. The van der Waals surface area contributed by atoms with Crippen LogP contribution in [0, 0.1) is 16.7 Å². The van der Waals surface area contributed by atoms with Crippen molar-refractivity contribution < 1.29 is 9.84 Å². The molecule has 2 rings (SSSR count). The van der Waals surface area contributed by atoms with Crippen LogP contribution in [0.25, 0.3) is 0 Å².